The van der Waals surface area contributed by atoms with Crippen LogP contribution in [0.3, 0.4) is 0 Å². The fourth-order valence-corrected chi connectivity index (χ4v) is 1.58. The lowest BCUT2D eigenvalue weighted by Crippen LogP contribution is -2.20. The van der Waals surface area contributed by atoms with E-state index in [2.05, 4.69) is 42.0 Å². The van der Waals surface area contributed by atoms with Gasteiger partial charge in [0.2, 0.25) is 5.95 Å². The molecule has 1 rings (SSSR count). The van der Waals surface area contributed by atoms with Gasteiger partial charge in [-0.1, -0.05) is 20.8 Å². The van der Waals surface area contributed by atoms with E-state index in [0.29, 0.717) is 18.3 Å². The average molecular weight is 231 g/mol. The first-order chi connectivity index (χ1) is 8.06. The zero-order valence-corrected chi connectivity index (χ0v) is 11.1. The van der Waals surface area contributed by atoms with Crippen LogP contribution in [-0.4, -0.2) is 16.0 Å². The maximum Gasteiger partial charge on any atom is 0.223 e. The summed E-state index contributed by atoms with van der Waals surface area (Å²) in [5.74, 6) is 3.77. The number of nitrogens with one attached hydrogen (secondary N) is 1. The minimum absolute atomic E-state index is 0.252. The van der Waals surface area contributed by atoms with Crippen LogP contribution in [0.5, 0.6) is 0 Å². The van der Waals surface area contributed by atoms with Gasteiger partial charge in [0.25, 0.3) is 0 Å². The van der Waals surface area contributed by atoms with Gasteiger partial charge in [0.05, 0.1) is 0 Å². The smallest absolute Gasteiger partial charge is 0.223 e. The summed E-state index contributed by atoms with van der Waals surface area (Å²) in [6, 6.07) is 2.28. The maximum atomic E-state index is 5.34. The van der Waals surface area contributed by atoms with Crippen molar-refractivity contribution >= 4 is 5.95 Å². The van der Waals surface area contributed by atoms with Crippen molar-refractivity contribution < 1.29 is 0 Å². The van der Waals surface area contributed by atoms with Crippen LogP contribution in [0.4, 0.5) is 5.95 Å². The van der Waals surface area contributed by atoms with E-state index in [9.17, 15) is 0 Å². The molecule has 1 aromatic heterocycles. The molecule has 0 aliphatic heterocycles. The van der Waals surface area contributed by atoms with Gasteiger partial charge in [0.15, 0.2) is 0 Å². The van der Waals surface area contributed by atoms with Gasteiger partial charge in [-0.05, 0) is 25.3 Å². The minimum atomic E-state index is 0.252. The first-order valence-corrected chi connectivity index (χ1v) is 6.12. The second-order valence-corrected chi connectivity index (χ2v) is 4.57. The van der Waals surface area contributed by atoms with Crippen LogP contribution in [0, 0.1) is 19.3 Å². The first-order valence-electron chi connectivity index (χ1n) is 6.12. The van der Waals surface area contributed by atoms with Gasteiger partial charge >= 0.3 is 0 Å². The Labute approximate surface area is 104 Å². The van der Waals surface area contributed by atoms with Crippen molar-refractivity contribution in [1.82, 2.24) is 9.97 Å². The lowest BCUT2D eigenvalue weighted by Gasteiger charge is -2.16. The molecule has 1 aromatic rings. The summed E-state index contributed by atoms with van der Waals surface area (Å²) >= 11 is 0. The fourth-order valence-electron chi connectivity index (χ4n) is 1.58. The number of hydrogen-bond donors (Lipinski definition) is 1. The number of aromatic nitrogens is 2. The van der Waals surface area contributed by atoms with Gasteiger partial charge in [-0.2, -0.15) is 0 Å². The van der Waals surface area contributed by atoms with Gasteiger partial charge in [-0.3, -0.25) is 0 Å². The molecule has 0 bridgehead atoms. The van der Waals surface area contributed by atoms with Crippen LogP contribution >= 0.6 is 0 Å². The highest BCUT2D eigenvalue weighted by molar-refractivity contribution is 5.30. The molecule has 92 valence electrons. The van der Waals surface area contributed by atoms with Gasteiger partial charge in [-0.25, -0.2) is 9.97 Å². The summed E-state index contributed by atoms with van der Waals surface area (Å²) in [6.45, 7) is 8.35. The quantitative estimate of drug-likeness (QED) is 0.791. The predicted molar refractivity (Wildman–Crippen MR) is 72.0 cm³/mol. The molecule has 0 aliphatic rings. The number of rotatable bonds is 5. The van der Waals surface area contributed by atoms with E-state index in [1.54, 1.807) is 0 Å². The average Bonchev–Trinajstić information content (AvgIpc) is 2.27. The second kappa shape index (κ2) is 6.24. The highest BCUT2D eigenvalue weighted by Crippen LogP contribution is 2.15. The van der Waals surface area contributed by atoms with Gasteiger partial charge < -0.3 is 5.32 Å². The Morgan fingerprint density at radius 2 is 2.12 bits per heavy atom. The minimum Gasteiger partial charge on any atom is -0.351 e. The van der Waals surface area contributed by atoms with Crippen molar-refractivity contribution in [2.24, 2.45) is 0 Å². The third-order valence-electron chi connectivity index (χ3n) is 2.66. The molecule has 3 nitrogen and oxygen atoms in total. The number of nitrogens with zero attached hydrogens (tertiary/aromatic N) is 2. The summed E-state index contributed by atoms with van der Waals surface area (Å²) < 4.78 is 0. The Morgan fingerprint density at radius 3 is 2.65 bits per heavy atom. The van der Waals surface area contributed by atoms with E-state index in [0.717, 1.165) is 17.8 Å². The largest absolute Gasteiger partial charge is 0.351 e. The predicted octanol–water partition coefficient (Wildman–Crippen LogP) is 3.12. The second-order valence-electron chi connectivity index (χ2n) is 4.57. The molecule has 0 aromatic carbocycles. The molecule has 0 spiro atoms. The summed E-state index contributed by atoms with van der Waals surface area (Å²) in [4.78, 5) is 8.91. The zero-order chi connectivity index (χ0) is 12.8. The van der Waals surface area contributed by atoms with Crippen molar-refractivity contribution in [3.8, 4) is 12.3 Å². The number of terminal acetylenes is 1. The maximum absolute atomic E-state index is 5.34. The Balaban J connectivity index is 2.87. The molecule has 17 heavy (non-hydrogen) atoms. The van der Waals surface area contributed by atoms with Gasteiger partial charge in [-0.15, -0.1) is 12.3 Å². The Hall–Kier alpha value is -1.56. The van der Waals surface area contributed by atoms with E-state index < -0.39 is 0 Å². The molecular weight excluding hydrogens is 210 g/mol. The van der Waals surface area contributed by atoms with E-state index in [1.165, 1.54) is 0 Å². The summed E-state index contributed by atoms with van der Waals surface area (Å²) in [5.41, 5.74) is 2.05. The monoisotopic (exact) mass is 231 g/mol. The Bertz CT molecular complexity index is 404. The topological polar surface area (TPSA) is 37.8 Å². The SMILES string of the molecule is C#CCC(CC)Nc1nc(C)cc(C(C)C)n1. The van der Waals surface area contributed by atoms with Crippen molar-refractivity contribution in [1.29, 1.82) is 0 Å². The van der Waals surface area contributed by atoms with Gasteiger partial charge in [0.1, 0.15) is 0 Å². The molecule has 0 aliphatic carbocycles. The molecule has 0 fully saturated rings. The summed E-state index contributed by atoms with van der Waals surface area (Å²) in [7, 11) is 0. The standard InChI is InChI=1S/C14H21N3/c1-6-8-12(7-2)16-14-15-11(5)9-13(17-14)10(3)4/h1,9-10,12H,7-8H2,2-5H3,(H,15,16,17). The Kier molecular flexibility index (Phi) is 4.96. The molecule has 1 atom stereocenters. The van der Waals surface area contributed by atoms with Crippen LogP contribution < -0.4 is 5.32 Å². The Morgan fingerprint density at radius 1 is 1.41 bits per heavy atom. The molecule has 0 saturated carbocycles. The third kappa shape index (κ3) is 4.07. The van der Waals surface area contributed by atoms with Crippen molar-refractivity contribution in [2.75, 3.05) is 5.32 Å². The van der Waals surface area contributed by atoms with Crippen molar-refractivity contribution in [2.45, 2.75) is 52.5 Å². The number of hydrogen-bond acceptors (Lipinski definition) is 3. The molecular formula is C14H21N3. The van der Waals surface area contributed by atoms with Crippen LogP contribution in [-0.2, 0) is 0 Å². The number of anilines is 1. The van der Waals surface area contributed by atoms with E-state index >= 15 is 0 Å². The van der Waals surface area contributed by atoms with E-state index in [1.807, 2.05) is 13.0 Å². The molecule has 0 amide bonds. The van der Waals surface area contributed by atoms with Crippen LogP contribution in [0.2, 0.25) is 0 Å². The molecule has 1 unspecified atom stereocenters. The number of aryl methyl sites for hydroxylation is 1. The highest BCUT2D eigenvalue weighted by atomic mass is 15.1. The first kappa shape index (κ1) is 13.5. The van der Waals surface area contributed by atoms with Crippen molar-refractivity contribution in [3.05, 3.63) is 17.5 Å². The normalized spacial score (nSPS) is 12.2. The lowest BCUT2D eigenvalue weighted by molar-refractivity contribution is 0.701. The highest BCUT2D eigenvalue weighted by Gasteiger charge is 2.09. The summed E-state index contributed by atoms with van der Waals surface area (Å²) in [5, 5.41) is 3.30. The van der Waals surface area contributed by atoms with Crippen molar-refractivity contribution in [3.63, 3.8) is 0 Å². The van der Waals surface area contributed by atoms with E-state index in [-0.39, 0.29) is 6.04 Å². The third-order valence-corrected chi connectivity index (χ3v) is 2.66. The molecule has 3 heteroatoms. The molecule has 0 radical (unpaired) electrons. The lowest BCUT2D eigenvalue weighted by atomic mass is 10.1. The zero-order valence-electron chi connectivity index (χ0n) is 11.1. The fraction of sp³-hybridized carbons (Fsp3) is 0.571. The molecule has 0 saturated heterocycles. The molecule has 1 N–H and O–H groups in total. The van der Waals surface area contributed by atoms with Crippen LogP contribution in [0.15, 0.2) is 6.07 Å². The summed E-state index contributed by atoms with van der Waals surface area (Å²) in [6.07, 6.45) is 7.01. The van der Waals surface area contributed by atoms with Crippen LogP contribution in [0.25, 0.3) is 0 Å². The van der Waals surface area contributed by atoms with E-state index in [4.69, 9.17) is 6.42 Å². The molecule has 1 heterocycles. The van der Waals surface area contributed by atoms with Gasteiger partial charge in [0, 0.05) is 23.9 Å². The van der Waals surface area contributed by atoms with Crippen LogP contribution in [0.1, 0.15) is 50.9 Å².